The van der Waals surface area contributed by atoms with Crippen molar-refractivity contribution in [3.8, 4) is 23.8 Å². The first-order valence-corrected chi connectivity index (χ1v) is 6.19. The monoisotopic (exact) mass is 279 g/mol. The van der Waals surface area contributed by atoms with Crippen LogP contribution in [0.3, 0.4) is 0 Å². The van der Waals surface area contributed by atoms with Gasteiger partial charge in [-0.05, 0) is 0 Å². The van der Waals surface area contributed by atoms with Gasteiger partial charge in [0.15, 0.2) is 0 Å². The minimum absolute atomic E-state index is 0.244. The number of anilines is 1. The van der Waals surface area contributed by atoms with Crippen LogP contribution in [0, 0.1) is 12.3 Å². The molecule has 1 aromatic rings. The second kappa shape index (κ2) is 9.56. The topological polar surface area (TPSA) is 56.8 Å². The van der Waals surface area contributed by atoms with Crippen LogP contribution in [0.2, 0.25) is 0 Å². The van der Waals surface area contributed by atoms with Crippen molar-refractivity contribution in [2.75, 3.05) is 33.2 Å². The number of terminal acetylenes is 1. The van der Waals surface area contributed by atoms with Crippen LogP contribution in [-0.4, -0.2) is 33.8 Å². The van der Waals surface area contributed by atoms with Gasteiger partial charge in [0.25, 0.3) is 0 Å². The largest absolute Gasteiger partial charge is 0.496 e. The van der Waals surface area contributed by atoms with Crippen molar-refractivity contribution < 1.29 is 19.0 Å². The van der Waals surface area contributed by atoms with E-state index in [4.69, 9.17) is 20.6 Å². The smallest absolute Gasteiger partial charge is 0.345 e. The summed E-state index contributed by atoms with van der Waals surface area (Å²) in [5.41, 5.74) is 0.947. The summed E-state index contributed by atoms with van der Waals surface area (Å²) in [6.45, 7) is 4.36. The lowest BCUT2D eigenvalue weighted by atomic mass is 10.1. The molecule has 110 valence electrons. The number of esters is 1. The molecule has 5 heteroatoms. The highest BCUT2D eigenvalue weighted by Crippen LogP contribution is 2.33. The molecule has 0 spiro atoms. The molecule has 0 aliphatic rings. The van der Waals surface area contributed by atoms with E-state index in [2.05, 4.69) is 11.2 Å². The van der Waals surface area contributed by atoms with Gasteiger partial charge < -0.3 is 19.5 Å². The summed E-state index contributed by atoms with van der Waals surface area (Å²) in [4.78, 5) is 11.7. The van der Waals surface area contributed by atoms with Crippen molar-refractivity contribution in [2.24, 2.45) is 0 Å². The third-order valence-corrected chi connectivity index (χ3v) is 2.29. The van der Waals surface area contributed by atoms with Gasteiger partial charge in [0.05, 0.1) is 27.9 Å². The maximum atomic E-state index is 11.7. The normalized spacial score (nSPS) is 8.60. The zero-order chi connectivity index (χ0) is 15.5. The average Bonchev–Trinajstić information content (AvgIpc) is 2.52. The Hall–Kier alpha value is -2.35. The molecule has 0 aromatic heterocycles. The predicted octanol–water partition coefficient (Wildman–Crippen LogP) is 2.56. The molecule has 1 aromatic carbocycles. The molecule has 0 aliphatic carbocycles. The van der Waals surface area contributed by atoms with Crippen molar-refractivity contribution in [1.82, 2.24) is 0 Å². The lowest BCUT2D eigenvalue weighted by Crippen LogP contribution is -2.08. The Kier molecular flexibility index (Phi) is 8.44. The summed E-state index contributed by atoms with van der Waals surface area (Å²) < 4.78 is 15.0. The lowest BCUT2D eigenvalue weighted by Gasteiger charge is -2.14. The van der Waals surface area contributed by atoms with Gasteiger partial charge in [0.1, 0.15) is 17.1 Å². The molecule has 1 rings (SSSR count). The van der Waals surface area contributed by atoms with Crippen LogP contribution < -0.4 is 14.8 Å². The Labute approximate surface area is 120 Å². The zero-order valence-corrected chi connectivity index (χ0v) is 12.6. The van der Waals surface area contributed by atoms with Gasteiger partial charge in [-0.2, -0.15) is 0 Å². The predicted molar refractivity (Wildman–Crippen MR) is 79.6 cm³/mol. The first-order chi connectivity index (χ1) is 9.67. The average molecular weight is 279 g/mol. The fraction of sp³-hybridized carbons (Fsp3) is 0.400. The van der Waals surface area contributed by atoms with Gasteiger partial charge in [-0.25, -0.2) is 4.79 Å². The number of methoxy groups -OCH3 is 3. The van der Waals surface area contributed by atoms with Gasteiger partial charge >= 0.3 is 5.97 Å². The Morgan fingerprint density at radius 1 is 1.20 bits per heavy atom. The number of ether oxygens (including phenoxy) is 3. The van der Waals surface area contributed by atoms with Crippen molar-refractivity contribution in [2.45, 2.75) is 13.8 Å². The van der Waals surface area contributed by atoms with Crippen LogP contribution in [0.1, 0.15) is 24.2 Å². The molecule has 0 amide bonds. The molecule has 0 saturated carbocycles. The third-order valence-electron chi connectivity index (χ3n) is 2.29. The fourth-order valence-corrected chi connectivity index (χ4v) is 1.47. The Bertz CT molecular complexity index is 452. The Balaban J connectivity index is 0.00000172. The molecule has 0 bridgehead atoms. The van der Waals surface area contributed by atoms with E-state index in [9.17, 15) is 4.79 Å². The maximum absolute atomic E-state index is 11.7. The van der Waals surface area contributed by atoms with E-state index in [1.807, 2.05) is 13.8 Å². The van der Waals surface area contributed by atoms with Gasteiger partial charge in [0.2, 0.25) is 0 Å². The van der Waals surface area contributed by atoms with Crippen molar-refractivity contribution in [1.29, 1.82) is 0 Å². The van der Waals surface area contributed by atoms with E-state index in [0.29, 0.717) is 23.7 Å². The number of benzene rings is 1. The Morgan fingerprint density at radius 2 is 1.70 bits per heavy atom. The second-order valence-corrected chi connectivity index (χ2v) is 3.31. The number of rotatable bonds is 5. The third kappa shape index (κ3) is 4.39. The van der Waals surface area contributed by atoms with Crippen molar-refractivity contribution in [3.05, 3.63) is 17.7 Å². The molecule has 0 atom stereocenters. The minimum atomic E-state index is -0.521. The van der Waals surface area contributed by atoms with Crippen LogP contribution in [-0.2, 0) is 4.74 Å². The molecule has 0 heterocycles. The molecule has 20 heavy (non-hydrogen) atoms. The highest BCUT2D eigenvalue weighted by atomic mass is 16.5. The molecule has 0 unspecified atom stereocenters. The summed E-state index contributed by atoms with van der Waals surface area (Å²) in [6, 6.07) is 3.32. The summed E-state index contributed by atoms with van der Waals surface area (Å²) in [5, 5.41) is 2.98. The molecule has 5 nitrogen and oxygen atoms in total. The molecule has 0 fully saturated rings. The van der Waals surface area contributed by atoms with E-state index in [-0.39, 0.29) is 5.56 Å². The first kappa shape index (κ1) is 17.6. The molecule has 1 N–H and O–H groups in total. The summed E-state index contributed by atoms with van der Waals surface area (Å²) in [7, 11) is 4.23. The van der Waals surface area contributed by atoms with Gasteiger partial charge in [-0.1, -0.05) is 19.8 Å². The van der Waals surface area contributed by atoms with Crippen LogP contribution in [0.4, 0.5) is 5.69 Å². The molecular formula is C15H21NO4. The highest BCUT2D eigenvalue weighted by Gasteiger charge is 2.20. The van der Waals surface area contributed by atoms with E-state index in [1.54, 1.807) is 12.1 Å². The van der Waals surface area contributed by atoms with E-state index in [1.165, 1.54) is 21.3 Å². The highest BCUT2D eigenvalue weighted by molar-refractivity contribution is 5.96. The fourth-order valence-electron chi connectivity index (χ4n) is 1.47. The summed E-state index contributed by atoms with van der Waals surface area (Å²) in [6.07, 6.45) is 5.17. The Morgan fingerprint density at radius 3 is 2.05 bits per heavy atom. The SMILES string of the molecule is C#CCNc1cc(OC)c(C(=O)OC)c(OC)c1.CC. The second-order valence-electron chi connectivity index (χ2n) is 3.31. The summed E-state index contributed by atoms with van der Waals surface area (Å²) >= 11 is 0. The van der Waals surface area contributed by atoms with Crippen molar-refractivity contribution in [3.63, 3.8) is 0 Å². The number of hydrogen-bond acceptors (Lipinski definition) is 5. The number of carbonyl (C=O) groups is 1. The molecular weight excluding hydrogens is 258 g/mol. The number of carbonyl (C=O) groups excluding carboxylic acids is 1. The number of nitrogens with one attached hydrogen (secondary N) is 1. The van der Waals surface area contributed by atoms with E-state index < -0.39 is 5.97 Å². The standard InChI is InChI=1S/C13H15NO4.C2H6/c1-5-6-14-9-7-10(16-2)12(13(15)18-4)11(8-9)17-3;1-2/h1,7-8,14H,6H2,2-4H3;1-2H3. The van der Waals surface area contributed by atoms with Crippen molar-refractivity contribution >= 4 is 11.7 Å². The van der Waals surface area contributed by atoms with Gasteiger partial charge in [-0.15, -0.1) is 6.42 Å². The first-order valence-electron chi connectivity index (χ1n) is 6.19. The van der Waals surface area contributed by atoms with Crippen LogP contribution in [0.5, 0.6) is 11.5 Å². The summed E-state index contributed by atoms with van der Waals surface area (Å²) in [5.74, 6) is 2.66. The van der Waals surface area contributed by atoms with E-state index >= 15 is 0 Å². The van der Waals surface area contributed by atoms with Crippen LogP contribution in [0.25, 0.3) is 0 Å². The van der Waals surface area contributed by atoms with E-state index in [0.717, 1.165) is 0 Å². The minimum Gasteiger partial charge on any atom is -0.496 e. The number of hydrogen-bond donors (Lipinski definition) is 1. The quantitative estimate of drug-likeness (QED) is 0.663. The zero-order valence-electron chi connectivity index (χ0n) is 12.6. The lowest BCUT2D eigenvalue weighted by molar-refractivity contribution is 0.0593. The maximum Gasteiger partial charge on any atom is 0.345 e. The molecule has 0 radical (unpaired) electrons. The van der Waals surface area contributed by atoms with Gasteiger partial charge in [0, 0.05) is 17.8 Å². The van der Waals surface area contributed by atoms with Crippen LogP contribution in [0.15, 0.2) is 12.1 Å². The molecule has 0 aliphatic heterocycles. The molecule has 0 saturated heterocycles. The van der Waals surface area contributed by atoms with Crippen LogP contribution >= 0.6 is 0 Å². The van der Waals surface area contributed by atoms with Gasteiger partial charge in [-0.3, -0.25) is 0 Å².